The summed E-state index contributed by atoms with van der Waals surface area (Å²) in [5.41, 5.74) is 2.89. The molecule has 138 valence electrons. The summed E-state index contributed by atoms with van der Waals surface area (Å²) >= 11 is 0. The van der Waals surface area contributed by atoms with Crippen LogP contribution in [0.15, 0.2) is 24.3 Å². The fraction of sp³-hybridized carbons (Fsp3) is 0.714. The summed E-state index contributed by atoms with van der Waals surface area (Å²) in [6.07, 6.45) is 7.36. The van der Waals surface area contributed by atoms with Crippen LogP contribution in [0.3, 0.4) is 0 Å². The van der Waals surface area contributed by atoms with Gasteiger partial charge in [0.25, 0.3) is 0 Å². The van der Waals surface area contributed by atoms with E-state index in [1.54, 1.807) is 0 Å². The predicted molar refractivity (Wildman–Crippen MR) is 99.6 cm³/mol. The minimum absolute atomic E-state index is 0.255. The van der Waals surface area contributed by atoms with E-state index in [4.69, 9.17) is 9.47 Å². The Labute approximate surface area is 152 Å². The molecule has 0 radical (unpaired) electrons. The van der Waals surface area contributed by atoms with Gasteiger partial charge in [-0.2, -0.15) is 0 Å². The predicted octanol–water partition coefficient (Wildman–Crippen LogP) is 3.05. The van der Waals surface area contributed by atoms with E-state index in [1.807, 2.05) is 0 Å². The molecule has 1 aromatic rings. The van der Waals surface area contributed by atoms with Crippen molar-refractivity contribution in [3.8, 4) is 0 Å². The molecule has 0 atom stereocenters. The number of nitrogens with zero attached hydrogens (tertiary/aromatic N) is 2. The first kappa shape index (κ1) is 17.5. The largest absolute Gasteiger partial charge is 0.347 e. The lowest BCUT2D eigenvalue weighted by Crippen LogP contribution is -2.44. The quantitative estimate of drug-likeness (QED) is 0.820. The molecule has 1 spiro atoms. The van der Waals surface area contributed by atoms with Crippen molar-refractivity contribution in [2.45, 2.75) is 50.9 Å². The molecule has 1 aromatic carbocycles. The second kappa shape index (κ2) is 8.17. The highest BCUT2D eigenvalue weighted by atomic mass is 16.7. The molecule has 4 nitrogen and oxygen atoms in total. The van der Waals surface area contributed by atoms with Crippen molar-refractivity contribution < 1.29 is 9.47 Å². The molecular weight excluding hydrogens is 312 g/mol. The zero-order chi connectivity index (χ0) is 17.0. The SMILES string of the molecule is c1cc(CN2CCC3(CC2)OCCO3)ccc1CCN1CCCCC1. The molecule has 25 heavy (non-hydrogen) atoms. The maximum Gasteiger partial charge on any atom is 0.170 e. The van der Waals surface area contributed by atoms with Crippen LogP contribution >= 0.6 is 0 Å². The van der Waals surface area contributed by atoms with Gasteiger partial charge in [-0.15, -0.1) is 0 Å². The highest BCUT2D eigenvalue weighted by molar-refractivity contribution is 5.23. The zero-order valence-corrected chi connectivity index (χ0v) is 15.4. The average molecular weight is 344 g/mol. The number of likely N-dealkylation sites (tertiary alicyclic amines) is 2. The molecule has 3 aliphatic rings. The summed E-state index contributed by atoms with van der Waals surface area (Å²) in [4.78, 5) is 5.15. The topological polar surface area (TPSA) is 24.9 Å². The Morgan fingerprint density at radius 1 is 0.760 bits per heavy atom. The molecule has 0 amide bonds. The van der Waals surface area contributed by atoms with E-state index >= 15 is 0 Å². The lowest BCUT2D eigenvalue weighted by atomic mass is 10.0. The van der Waals surface area contributed by atoms with E-state index in [0.29, 0.717) is 0 Å². The fourth-order valence-corrected chi connectivity index (χ4v) is 4.38. The van der Waals surface area contributed by atoms with Gasteiger partial charge in [0.1, 0.15) is 0 Å². The molecule has 0 aromatic heterocycles. The Hall–Kier alpha value is -0.940. The summed E-state index contributed by atoms with van der Waals surface area (Å²) in [5.74, 6) is -0.255. The molecule has 4 heteroatoms. The van der Waals surface area contributed by atoms with Gasteiger partial charge in [0.15, 0.2) is 5.79 Å². The van der Waals surface area contributed by atoms with Crippen molar-refractivity contribution in [2.75, 3.05) is 45.9 Å². The molecule has 0 N–H and O–H groups in total. The van der Waals surface area contributed by atoms with Crippen LogP contribution in [0.4, 0.5) is 0 Å². The van der Waals surface area contributed by atoms with Crippen molar-refractivity contribution in [3.05, 3.63) is 35.4 Å². The standard InChI is InChI=1S/C21H32N2O2/c1-2-11-22(12-3-1)13-8-19-4-6-20(7-5-19)18-23-14-9-21(10-15-23)24-16-17-25-21/h4-7H,1-3,8-18H2. The van der Waals surface area contributed by atoms with Crippen molar-refractivity contribution in [2.24, 2.45) is 0 Å². The molecule has 0 unspecified atom stereocenters. The van der Waals surface area contributed by atoms with Gasteiger partial charge in [-0.25, -0.2) is 0 Å². The van der Waals surface area contributed by atoms with Crippen LogP contribution in [0.1, 0.15) is 43.2 Å². The maximum absolute atomic E-state index is 5.82. The summed E-state index contributed by atoms with van der Waals surface area (Å²) in [6, 6.07) is 9.29. The third-order valence-electron chi connectivity index (χ3n) is 6.03. The molecule has 4 rings (SSSR count). The Bertz CT molecular complexity index is 523. The van der Waals surface area contributed by atoms with Crippen LogP contribution in [0.5, 0.6) is 0 Å². The molecule has 0 aliphatic carbocycles. The molecule has 3 fully saturated rings. The second-order valence-electron chi connectivity index (χ2n) is 7.85. The smallest absolute Gasteiger partial charge is 0.170 e. The number of piperidine rings is 2. The van der Waals surface area contributed by atoms with E-state index in [9.17, 15) is 0 Å². The van der Waals surface area contributed by atoms with Gasteiger partial charge < -0.3 is 14.4 Å². The van der Waals surface area contributed by atoms with Gasteiger partial charge in [-0.05, 0) is 43.5 Å². The molecule has 3 heterocycles. The van der Waals surface area contributed by atoms with Crippen LogP contribution in [0.25, 0.3) is 0 Å². The minimum Gasteiger partial charge on any atom is -0.347 e. The molecule has 3 aliphatic heterocycles. The van der Waals surface area contributed by atoms with Crippen LogP contribution in [0.2, 0.25) is 0 Å². The first-order valence-electron chi connectivity index (χ1n) is 10.1. The zero-order valence-electron chi connectivity index (χ0n) is 15.4. The maximum atomic E-state index is 5.82. The summed E-state index contributed by atoms with van der Waals surface area (Å²) < 4.78 is 11.6. The molecule has 3 saturated heterocycles. The van der Waals surface area contributed by atoms with E-state index in [0.717, 1.165) is 45.7 Å². The number of hydrogen-bond donors (Lipinski definition) is 0. The normalized spacial score (nSPS) is 24.8. The number of ether oxygens (including phenoxy) is 2. The van der Waals surface area contributed by atoms with Gasteiger partial charge in [0, 0.05) is 39.0 Å². The molecule has 0 bridgehead atoms. The third-order valence-corrected chi connectivity index (χ3v) is 6.03. The number of hydrogen-bond acceptors (Lipinski definition) is 4. The second-order valence-corrected chi connectivity index (χ2v) is 7.85. The van der Waals surface area contributed by atoms with Gasteiger partial charge >= 0.3 is 0 Å². The third kappa shape index (κ3) is 4.62. The first-order valence-corrected chi connectivity index (χ1v) is 10.1. The van der Waals surface area contributed by atoms with Crippen molar-refractivity contribution in [1.29, 1.82) is 0 Å². The molecule has 0 saturated carbocycles. The Balaban J connectivity index is 1.22. The Morgan fingerprint density at radius 3 is 2.08 bits per heavy atom. The van der Waals surface area contributed by atoms with Gasteiger partial charge in [0.05, 0.1) is 13.2 Å². The van der Waals surface area contributed by atoms with Crippen LogP contribution in [-0.2, 0) is 22.4 Å². The summed E-state index contributed by atoms with van der Waals surface area (Å²) in [6.45, 7) is 8.51. The van der Waals surface area contributed by atoms with E-state index in [-0.39, 0.29) is 5.79 Å². The monoisotopic (exact) mass is 344 g/mol. The van der Waals surface area contributed by atoms with Gasteiger partial charge in [-0.3, -0.25) is 4.90 Å². The van der Waals surface area contributed by atoms with Crippen molar-refractivity contribution in [3.63, 3.8) is 0 Å². The fourth-order valence-electron chi connectivity index (χ4n) is 4.38. The van der Waals surface area contributed by atoms with Crippen molar-refractivity contribution in [1.82, 2.24) is 9.80 Å². The highest BCUT2D eigenvalue weighted by Gasteiger charge is 2.39. The van der Waals surface area contributed by atoms with Crippen molar-refractivity contribution >= 4 is 0 Å². The lowest BCUT2D eigenvalue weighted by Gasteiger charge is -2.37. The number of rotatable bonds is 5. The molecular formula is C21H32N2O2. The van der Waals surface area contributed by atoms with E-state index in [1.165, 1.54) is 56.4 Å². The number of benzene rings is 1. The van der Waals surface area contributed by atoms with E-state index < -0.39 is 0 Å². The lowest BCUT2D eigenvalue weighted by molar-refractivity contribution is -0.185. The van der Waals surface area contributed by atoms with Gasteiger partial charge in [-0.1, -0.05) is 30.7 Å². The Kier molecular flexibility index (Phi) is 5.71. The minimum atomic E-state index is -0.255. The Morgan fingerprint density at radius 2 is 1.40 bits per heavy atom. The van der Waals surface area contributed by atoms with Gasteiger partial charge in [0.2, 0.25) is 0 Å². The summed E-state index contributed by atoms with van der Waals surface area (Å²) in [5, 5.41) is 0. The first-order chi connectivity index (χ1) is 12.3. The van der Waals surface area contributed by atoms with Crippen LogP contribution in [-0.4, -0.2) is 61.5 Å². The average Bonchev–Trinajstić information content (AvgIpc) is 3.12. The highest BCUT2D eigenvalue weighted by Crippen LogP contribution is 2.31. The summed E-state index contributed by atoms with van der Waals surface area (Å²) in [7, 11) is 0. The van der Waals surface area contributed by atoms with Crippen LogP contribution < -0.4 is 0 Å². The van der Waals surface area contributed by atoms with Crippen LogP contribution in [0, 0.1) is 0 Å². The van der Waals surface area contributed by atoms with E-state index in [2.05, 4.69) is 34.1 Å².